The zero-order valence-corrected chi connectivity index (χ0v) is 9.67. The topological polar surface area (TPSA) is 38.8 Å². The maximum atomic E-state index is 11.9. The molecule has 0 aromatic carbocycles. The third-order valence-corrected chi connectivity index (χ3v) is 3.83. The first-order chi connectivity index (χ1) is 7.21. The van der Waals surface area contributed by atoms with Crippen LogP contribution < -0.4 is 0 Å². The molecule has 1 saturated carbocycles. The molecule has 1 spiro atoms. The van der Waals surface area contributed by atoms with Gasteiger partial charge >= 0.3 is 5.97 Å². The summed E-state index contributed by atoms with van der Waals surface area (Å²) in [6, 6.07) is 0. The summed E-state index contributed by atoms with van der Waals surface area (Å²) in [5, 5.41) is 0. The van der Waals surface area contributed by atoms with Gasteiger partial charge in [0, 0.05) is 0 Å². The summed E-state index contributed by atoms with van der Waals surface area (Å²) >= 11 is 0. The smallest absolute Gasteiger partial charge is 0.341 e. The van der Waals surface area contributed by atoms with Gasteiger partial charge in [-0.1, -0.05) is 26.2 Å². The second-order valence-corrected chi connectivity index (χ2v) is 4.56. The van der Waals surface area contributed by atoms with Crippen molar-refractivity contribution < 1.29 is 14.3 Å². The van der Waals surface area contributed by atoms with Gasteiger partial charge in [-0.15, -0.1) is 0 Å². The molecule has 86 valence electrons. The molecule has 0 amide bonds. The Kier molecular flexibility index (Phi) is 2.75. The van der Waals surface area contributed by atoms with E-state index in [1.807, 2.05) is 13.8 Å². The summed E-state index contributed by atoms with van der Waals surface area (Å²) < 4.78 is 10.9. The Balaban J connectivity index is 2.09. The Morgan fingerprint density at radius 2 is 1.93 bits per heavy atom. The van der Waals surface area contributed by atoms with Crippen LogP contribution in [0, 0.1) is 0 Å². The van der Waals surface area contributed by atoms with Crippen LogP contribution in [0.25, 0.3) is 0 Å². The van der Waals surface area contributed by atoms with Crippen molar-refractivity contribution in [2.24, 2.45) is 0 Å². The lowest BCUT2D eigenvalue weighted by atomic mass is 9.79. The minimum atomic E-state index is -0.594. The summed E-state index contributed by atoms with van der Waals surface area (Å²) in [5.41, 5.74) is -0.754. The van der Waals surface area contributed by atoms with Gasteiger partial charge in [-0.3, -0.25) is 0 Å². The van der Waals surface area contributed by atoms with Crippen molar-refractivity contribution in [1.29, 1.82) is 0 Å². The summed E-state index contributed by atoms with van der Waals surface area (Å²) in [7, 11) is 0. The van der Waals surface area contributed by atoms with Crippen molar-refractivity contribution in [3.8, 4) is 0 Å². The molecule has 0 radical (unpaired) electrons. The highest BCUT2D eigenvalue weighted by molar-refractivity contribution is 5.85. The predicted molar refractivity (Wildman–Crippen MR) is 56.6 cm³/mol. The molecule has 1 aliphatic carbocycles. The molecule has 1 aliphatic heterocycles. The minimum absolute atomic E-state index is 0.144. The standard InChI is InChI=1S/C12H20O3/c1-3-12(10(13)14-4-2)11(15-12)8-6-5-7-9-11/h3-9H2,1-2H3/t12-/m0/s1. The monoisotopic (exact) mass is 212 g/mol. The van der Waals surface area contributed by atoms with E-state index in [4.69, 9.17) is 9.47 Å². The fourth-order valence-electron chi connectivity index (χ4n) is 2.95. The van der Waals surface area contributed by atoms with Crippen molar-refractivity contribution >= 4 is 5.97 Å². The molecule has 2 fully saturated rings. The van der Waals surface area contributed by atoms with Crippen LogP contribution in [0.1, 0.15) is 52.4 Å². The van der Waals surface area contributed by atoms with E-state index in [1.165, 1.54) is 19.3 Å². The molecule has 1 atom stereocenters. The first kappa shape index (κ1) is 10.9. The van der Waals surface area contributed by atoms with Crippen LogP contribution in [0.15, 0.2) is 0 Å². The molecule has 2 aliphatic rings. The van der Waals surface area contributed by atoms with Crippen LogP contribution in [0.4, 0.5) is 0 Å². The molecule has 1 heterocycles. The first-order valence-electron chi connectivity index (χ1n) is 6.08. The summed E-state index contributed by atoms with van der Waals surface area (Å²) in [6.07, 6.45) is 6.43. The molecule has 0 aromatic rings. The van der Waals surface area contributed by atoms with E-state index in [0.717, 1.165) is 19.3 Å². The maximum Gasteiger partial charge on any atom is 0.341 e. The number of epoxide rings is 1. The third kappa shape index (κ3) is 1.48. The van der Waals surface area contributed by atoms with E-state index < -0.39 is 5.60 Å². The normalized spacial score (nSPS) is 32.7. The zero-order chi connectivity index (χ0) is 10.9. The molecule has 3 nitrogen and oxygen atoms in total. The van der Waals surface area contributed by atoms with Crippen molar-refractivity contribution in [2.75, 3.05) is 6.61 Å². The number of rotatable bonds is 3. The van der Waals surface area contributed by atoms with E-state index >= 15 is 0 Å². The molecule has 1 saturated heterocycles. The Labute approximate surface area is 91.1 Å². The SMILES string of the molecule is CCOC(=O)[C@]1(CC)OC12CCCCC2. The third-order valence-electron chi connectivity index (χ3n) is 3.83. The van der Waals surface area contributed by atoms with Crippen molar-refractivity contribution in [3.05, 3.63) is 0 Å². The van der Waals surface area contributed by atoms with Crippen molar-refractivity contribution in [1.82, 2.24) is 0 Å². The number of ether oxygens (including phenoxy) is 2. The van der Waals surface area contributed by atoms with Crippen molar-refractivity contribution in [3.63, 3.8) is 0 Å². The first-order valence-corrected chi connectivity index (χ1v) is 6.08. The van der Waals surface area contributed by atoms with Crippen LogP contribution in [0.5, 0.6) is 0 Å². The zero-order valence-electron chi connectivity index (χ0n) is 9.67. The van der Waals surface area contributed by atoms with Gasteiger partial charge in [0.1, 0.15) is 5.60 Å². The Bertz CT molecular complexity index is 256. The highest BCUT2D eigenvalue weighted by Gasteiger charge is 2.73. The van der Waals surface area contributed by atoms with E-state index in [9.17, 15) is 4.79 Å². The summed E-state index contributed by atoms with van der Waals surface area (Å²) in [5.74, 6) is -0.144. The Morgan fingerprint density at radius 1 is 1.27 bits per heavy atom. The molecule has 0 unspecified atom stereocenters. The van der Waals surface area contributed by atoms with E-state index in [2.05, 4.69) is 0 Å². The van der Waals surface area contributed by atoms with E-state index in [-0.39, 0.29) is 11.6 Å². The second kappa shape index (κ2) is 3.78. The molecular formula is C12H20O3. The molecule has 3 heteroatoms. The number of carbonyl (C=O) groups excluding carboxylic acids is 1. The number of hydrogen-bond acceptors (Lipinski definition) is 3. The van der Waals surface area contributed by atoms with E-state index in [0.29, 0.717) is 6.61 Å². The molecule has 0 N–H and O–H groups in total. The molecule has 15 heavy (non-hydrogen) atoms. The summed E-state index contributed by atoms with van der Waals surface area (Å²) in [6.45, 7) is 4.30. The van der Waals surface area contributed by atoms with Crippen LogP contribution in [0.3, 0.4) is 0 Å². The lowest BCUT2D eigenvalue weighted by molar-refractivity contribution is -0.149. The van der Waals surface area contributed by atoms with Crippen LogP contribution in [0.2, 0.25) is 0 Å². The fourth-order valence-corrected chi connectivity index (χ4v) is 2.95. The highest BCUT2D eigenvalue weighted by atomic mass is 16.7. The Hall–Kier alpha value is -0.570. The largest absolute Gasteiger partial charge is 0.464 e. The van der Waals surface area contributed by atoms with Crippen LogP contribution in [-0.4, -0.2) is 23.8 Å². The van der Waals surface area contributed by atoms with Gasteiger partial charge in [-0.25, -0.2) is 4.79 Å². The van der Waals surface area contributed by atoms with Gasteiger partial charge in [0.05, 0.1) is 6.61 Å². The van der Waals surface area contributed by atoms with Gasteiger partial charge in [-0.2, -0.15) is 0 Å². The molecule has 0 aromatic heterocycles. The number of carbonyl (C=O) groups is 1. The molecule has 2 rings (SSSR count). The van der Waals surface area contributed by atoms with Crippen LogP contribution in [-0.2, 0) is 14.3 Å². The van der Waals surface area contributed by atoms with Gasteiger partial charge in [-0.05, 0) is 26.2 Å². The Morgan fingerprint density at radius 3 is 2.47 bits per heavy atom. The lowest BCUT2D eigenvalue weighted by Gasteiger charge is -2.21. The van der Waals surface area contributed by atoms with E-state index in [1.54, 1.807) is 0 Å². The summed E-state index contributed by atoms with van der Waals surface area (Å²) in [4.78, 5) is 11.9. The van der Waals surface area contributed by atoms with Gasteiger partial charge < -0.3 is 9.47 Å². The average Bonchev–Trinajstić information content (AvgIpc) is 2.88. The maximum absolute atomic E-state index is 11.9. The van der Waals surface area contributed by atoms with Crippen LogP contribution >= 0.6 is 0 Å². The second-order valence-electron chi connectivity index (χ2n) is 4.56. The van der Waals surface area contributed by atoms with Gasteiger partial charge in [0.25, 0.3) is 0 Å². The lowest BCUT2D eigenvalue weighted by Crippen LogP contribution is -2.36. The predicted octanol–water partition coefficient (Wildman–Crippen LogP) is 2.43. The molecule has 0 bridgehead atoms. The average molecular weight is 212 g/mol. The number of esters is 1. The quantitative estimate of drug-likeness (QED) is 0.532. The molecular weight excluding hydrogens is 192 g/mol. The van der Waals surface area contributed by atoms with Gasteiger partial charge in [0.2, 0.25) is 0 Å². The minimum Gasteiger partial charge on any atom is -0.464 e. The van der Waals surface area contributed by atoms with Gasteiger partial charge in [0.15, 0.2) is 5.60 Å². The highest BCUT2D eigenvalue weighted by Crippen LogP contribution is 2.58. The fraction of sp³-hybridized carbons (Fsp3) is 0.917. The van der Waals surface area contributed by atoms with Crippen molar-refractivity contribution in [2.45, 2.75) is 63.6 Å². The number of hydrogen-bond donors (Lipinski definition) is 0.